The molecule has 32 heavy (non-hydrogen) atoms. The number of methoxy groups -OCH3 is 1. The zero-order chi connectivity index (χ0) is 22.7. The average molecular weight is 454 g/mol. The molecule has 1 aromatic heterocycles. The zero-order valence-corrected chi connectivity index (χ0v) is 18.8. The van der Waals surface area contributed by atoms with E-state index >= 15 is 0 Å². The second-order valence-electron chi connectivity index (χ2n) is 7.81. The van der Waals surface area contributed by atoms with E-state index in [1.807, 2.05) is 18.2 Å². The number of ether oxygens (including phenoxy) is 2. The molecule has 8 heteroatoms. The maximum absolute atomic E-state index is 13.3. The first-order valence-corrected chi connectivity index (χ1v) is 11.0. The summed E-state index contributed by atoms with van der Waals surface area (Å²) in [7, 11) is 1.46. The molecule has 1 saturated carbocycles. The van der Waals surface area contributed by atoms with Gasteiger partial charge in [0.2, 0.25) is 0 Å². The number of aromatic nitrogens is 2. The number of hydrogen-bond donors (Lipinski definition) is 0. The van der Waals surface area contributed by atoms with Crippen LogP contribution in [0.4, 0.5) is 0 Å². The summed E-state index contributed by atoms with van der Waals surface area (Å²) < 4.78 is 11.9. The van der Waals surface area contributed by atoms with Crippen LogP contribution in [0.3, 0.4) is 0 Å². The highest BCUT2D eigenvalue weighted by atomic mass is 35.5. The molecule has 0 radical (unpaired) electrons. The fraction of sp³-hybridized carbons (Fsp3) is 0.333. The summed E-state index contributed by atoms with van der Waals surface area (Å²) in [5.74, 6) is 0.802. The molecule has 166 valence electrons. The van der Waals surface area contributed by atoms with Gasteiger partial charge in [0.05, 0.1) is 29.2 Å². The first-order chi connectivity index (χ1) is 15.5. The molecule has 1 heterocycles. The van der Waals surface area contributed by atoms with Crippen molar-refractivity contribution in [2.75, 3.05) is 7.11 Å². The van der Waals surface area contributed by atoms with Gasteiger partial charge in [-0.3, -0.25) is 9.59 Å². The minimum Gasteiger partial charge on any atom is -0.493 e. The lowest BCUT2D eigenvalue weighted by atomic mass is 9.88. The Hall–Kier alpha value is -3.19. The molecule has 1 fully saturated rings. The van der Waals surface area contributed by atoms with Crippen LogP contribution >= 0.6 is 11.6 Å². The van der Waals surface area contributed by atoms with Crippen molar-refractivity contribution >= 4 is 34.7 Å². The Morgan fingerprint density at radius 1 is 1.22 bits per heavy atom. The van der Waals surface area contributed by atoms with Crippen LogP contribution in [0.25, 0.3) is 10.9 Å². The largest absolute Gasteiger partial charge is 0.493 e. The van der Waals surface area contributed by atoms with Crippen LogP contribution in [0, 0.1) is 0 Å². The molecule has 0 saturated heterocycles. The highest BCUT2D eigenvalue weighted by Crippen LogP contribution is 2.36. The Morgan fingerprint density at radius 3 is 2.69 bits per heavy atom. The number of halogens is 1. The molecule has 0 N–H and O–H groups in total. The van der Waals surface area contributed by atoms with E-state index in [-0.39, 0.29) is 22.2 Å². The summed E-state index contributed by atoms with van der Waals surface area (Å²) in [6.07, 6.45) is 6.93. The van der Waals surface area contributed by atoms with Crippen LogP contribution in [-0.4, -0.2) is 29.0 Å². The predicted octanol–water partition coefficient (Wildman–Crippen LogP) is 4.91. The first kappa shape index (κ1) is 22.0. The van der Waals surface area contributed by atoms with Crippen LogP contribution in [0.2, 0.25) is 5.02 Å². The number of carbonyl (C=O) groups is 1. The normalized spacial score (nSPS) is 14.7. The lowest BCUT2D eigenvalue weighted by molar-refractivity contribution is -0.132. The Labute approximate surface area is 190 Å². The van der Waals surface area contributed by atoms with Gasteiger partial charge in [-0.25, -0.2) is 4.98 Å². The molecule has 0 unspecified atom stereocenters. The van der Waals surface area contributed by atoms with Crippen molar-refractivity contribution in [1.82, 2.24) is 9.66 Å². The quantitative estimate of drug-likeness (QED) is 0.311. The Balaban J connectivity index is 1.79. The average Bonchev–Trinajstić information content (AvgIpc) is 2.80. The van der Waals surface area contributed by atoms with Gasteiger partial charge in [-0.1, -0.05) is 43.0 Å². The van der Waals surface area contributed by atoms with Gasteiger partial charge in [0.15, 0.2) is 11.5 Å². The van der Waals surface area contributed by atoms with Gasteiger partial charge in [-0.2, -0.15) is 9.78 Å². The molecule has 3 aromatic rings. The zero-order valence-electron chi connectivity index (χ0n) is 18.0. The van der Waals surface area contributed by atoms with Crippen LogP contribution in [-0.2, 0) is 4.79 Å². The summed E-state index contributed by atoms with van der Waals surface area (Å²) in [5.41, 5.74) is 1.07. The van der Waals surface area contributed by atoms with Gasteiger partial charge in [-0.15, -0.1) is 0 Å². The lowest BCUT2D eigenvalue weighted by Crippen LogP contribution is -2.25. The highest BCUT2D eigenvalue weighted by Gasteiger charge is 2.22. The molecule has 0 amide bonds. The molecule has 1 aliphatic carbocycles. The second-order valence-corrected chi connectivity index (χ2v) is 8.22. The molecule has 1 aliphatic rings. The second kappa shape index (κ2) is 9.53. The topological polar surface area (TPSA) is 82.8 Å². The van der Waals surface area contributed by atoms with Crippen molar-refractivity contribution in [3.05, 3.63) is 63.2 Å². The van der Waals surface area contributed by atoms with Gasteiger partial charge in [0.25, 0.3) is 5.56 Å². The van der Waals surface area contributed by atoms with Gasteiger partial charge in [-0.05, 0) is 42.7 Å². The highest BCUT2D eigenvalue weighted by molar-refractivity contribution is 6.32. The van der Waals surface area contributed by atoms with Crippen molar-refractivity contribution in [3.63, 3.8) is 0 Å². The van der Waals surface area contributed by atoms with Crippen molar-refractivity contribution in [3.8, 4) is 11.5 Å². The van der Waals surface area contributed by atoms with Crippen LogP contribution in [0.1, 0.15) is 56.3 Å². The number of para-hydroxylation sites is 1. The van der Waals surface area contributed by atoms with E-state index in [4.69, 9.17) is 26.1 Å². The van der Waals surface area contributed by atoms with Gasteiger partial charge >= 0.3 is 5.97 Å². The smallest absolute Gasteiger partial charge is 0.308 e. The summed E-state index contributed by atoms with van der Waals surface area (Å²) in [6.45, 7) is 1.29. The predicted molar refractivity (Wildman–Crippen MR) is 124 cm³/mol. The van der Waals surface area contributed by atoms with E-state index in [0.717, 1.165) is 25.7 Å². The Morgan fingerprint density at radius 2 is 1.97 bits per heavy atom. The summed E-state index contributed by atoms with van der Waals surface area (Å²) >= 11 is 6.30. The van der Waals surface area contributed by atoms with Crippen LogP contribution < -0.4 is 15.0 Å². The third-order valence-corrected chi connectivity index (χ3v) is 5.85. The van der Waals surface area contributed by atoms with Crippen LogP contribution in [0.5, 0.6) is 11.5 Å². The molecule has 4 rings (SSSR count). The van der Waals surface area contributed by atoms with Gasteiger partial charge in [0, 0.05) is 12.8 Å². The Bertz CT molecular complexity index is 1250. The van der Waals surface area contributed by atoms with Crippen molar-refractivity contribution in [1.29, 1.82) is 0 Å². The van der Waals surface area contributed by atoms with E-state index in [1.54, 1.807) is 18.2 Å². The van der Waals surface area contributed by atoms with Crippen LogP contribution in [0.15, 0.2) is 46.3 Å². The van der Waals surface area contributed by atoms with E-state index in [1.165, 1.54) is 31.3 Å². The molecule has 2 aromatic carbocycles. The number of hydrogen-bond acceptors (Lipinski definition) is 6. The van der Waals surface area contributed by atoms with Gasteiger partial charge < -0.3 is 9.47 Å². The monoisotopic (exact) mass is 453 g/mol. The number of carbonyl (C=O) groups excluding carboxylic acids is 1. The first-order valence-electron chi connectivity index (χ1n) is 10.6. The molecule has 7 nitrogen and oxygen atoms in total. The van der Waals surface area contributed by atoms with E-state index < -0.39 is 5.97 Å². The SMILES string of the molecule is COc1cc(C=Nn2c(C3CCCCC3)nc3ccccc3c2=O)cc(Cl)c1OC(C)=O. The van der Waals surface area contributed by atoms with E-state index in [2.05, 4.69) is 5.10 Å². The number of esters is 1. The molecule has 0 aliphatic heterocycles. The molecule has 0 atom stereocenters. The molecule has 0 bridgehead atoms. The fourth-order valence-electron chi connectivity index (χ4n) is 4.06. The summed E-state index contributed by atoms with van der Waals surface area (Å²) in [5, 5.41) is 5.23. The third kappa shape index (κ3) is 4.53. The van der Waals surface area contributed by atoms with Crippen molar-refractivity contribution in [2.45, 2.75) is 44.9 Å². The van der Waals surface area contributed by atoms with E-state index in [0.29, 0.717) is 28.0 Å². The summed E-state index contributed by atoms with van der Waals surface area (Å²) in [4.78, 5) is 29.4. The fourth-order valence-corrected chi connectivity index (χ4v) is 4.32. The number of rotatable bonds is 5. The van der Waals surface area contributed by atoms with E-state index in [9.17, 15) is 9.59 Å². The minimum absolute atomic E-state index is 0.145. The Kier molecular flexibility index (Phi) is 6.55. The minimum atomic E-state index is -0.502. The molecule has 0 spiro atoms. The third-order valence-electron chi connectivity index (χ3n) is 5.57. The molecular weight excluding hydrogens is 430 g/mol. The molecular formula is C24H24ClN3O4. The maximum atomic E-state index is 13.3. The van der Waals surface area contributed by atoms with Crippen molar-refractivity contribution < 1.29 is 14.3 Å². The van der Waals surface area contributed by atoms with Crippen molar-refractivity contribution in [2.24, 2.45) is 5.10 Å². The summed E-state index contributed by atoms with van der Waals surface area (Å²) in [6, 6.07) is 10.6. The maximum Gasteiger partial charge on any atom is 0.308 e. The number of nitrogens with zero attached hydrogens (tertiary/aromatic N) is 3. The lowest BCUT2D eigenvalue weighted by Gasteiger charge is -2.22. The standard InChI is InChI=1S/C24H24ClN3O4/c1-15(29)32-22-19(25)12-16(13-21(22)31-2)14-26-28-23(17-8-4-3-5-9-17)27-20-11-7-6-10-18(20)24(28)30/h6-7,10-14,17H,3-5,8-9H2,1-2H3. The number of fused-ring (bicyclic) bond motifs is 1. The van der Waals surface area contributed by atoms with Gasteiger partial charge in [0.1, 0.15) is 5.82 Å². The number of benzene rings is 2.